The second kappa shape index (κ2) is 6.52. The zero-order valence-electron chi connectivity index (χ0n) is 12.3. The maximum absolute atomic E-state index is 12.2. The van der Waals surface area contributed by atoms with Gasteiger partial charge in [0.15, 0.2) is 11.5 Å². The van der Waals surface area contributed by atoms with Gasteiger partial charge in [-0.3, -0.25) is 4.79 Å². The monoisotopic (exact) mass is 298 g/mol. The van der Waals surface area contributed by atoms with Crippen LogP contribution in [0.1, 0.15) is 37.7 Å². The molecule has 0 saturated heterocycles. The number of nitrogens with zero attached hydrogens (tertiary/aromatic N) is 1. The van der Waals surface area contributed by atoms with Gasteiger partial charge in [0.2, 0.25) is 6.79 Å². The van der Waals surface area contributed by atoms with Crippen molar-refractivity contribution in [2.45, 2.75) is 38.1 Å². The van der Waals surface area contributed by atoms with Crippen LogP contribution in [0.5, 0.6) is 11.5 Å². The number of carbonyl (C=O) groups is 1. The summed E-state index contributed by atoms with van der Waals surface area (Å²) >= 11 is 0. The molecule has 0 aromatic heterocycles. The number of amides is 1. The van der Waals surface area contributed by atoms with Crippen molar-refractivity contribution >= 4 is 12.0 Å². The molecule has 1 aromatic rings. The van der Waals surface area contributed by atoms with Crippen molar-refractivity contribution < 1.29 is 14.3 Å². The lowest BCUT2D eigenvalue weighted by molar-refractivity contribution is -0.117. The normalized spacial score (nSPS) is 17.9. The van der Waals surface area contributed by atoms with E-state index in [1.165, 1.54) is 6.42 Å². The van der Waals surface area contributed by atoms with Crippen molar-refractivity contribution in [3.05, 3.63) is 29.3 Å². The van der Waals surface area contributed by atoms with Gasteiger partial charge in [-0.15, -0.1) is 0 Å². The SMILES string of the molecule is N#C/C(=C/c1ccc2c(c1)OCO2)C(=O)NC1CCCCC1. The van der Waals surface area contributed by atoms with Gasteiger partial charge in [0.1, 0.15) is 11.6 Å². The Bertz CT molecular complexity index is 640. The van der Waals surface area contributed by atoms with Gasteiger partial charge < -0.3 is 14.8 Å². The highest BCUT2D eigenvalue weighted by Crippen LogP contribution is 2.33. The van der Waals surface area contributed by atoms with Gasteiger partial charge in [0, 0.05) is 6.04 Å². The fourth-order valence-electron chi connectivity index (χ4n) is 2.83. The number of hydrogen-bond donors (Lipinski definition) is 1. The quantitative estimate of drug-likeness (QED) is 0.688. The summed E-state index contributed by atoms with van der Waals surface area (Å²) in [5.74, 6) is 1.02. The Morgan fingerprint density at radius 2 is 2.00 bits per heavy atom. The average Bonchev–Trinajstić information content (AvgIpc) is 3.01. The van der Waals surface area contributed by atoms with Crippen LogP contribution in [0.2, 0.25) is 0 Å². The second-order valence-electron chi connectivity index (χ2n) is 5.59. The summed E-state index contributed by atoms with van der Waals surface area (Å²) in [4.78, 5) is 12.2. The molecule has 1 amide bonds. The van der Waals surface area contributed by atoms with E-state index in [1.807, 2.05) is 6.07 Å². The van der Waals surface area contributed by atoms with E-state index in [2.05, 4.69) is 5.32 Å². The molecule has 0 bridgehead atoms. The lowest BCUT2D eigenvalue weighted by atomic mass is 9.95. The van der Waals surface area contributed by atoms with E-state index in [1.54, 1.807) is 24.3 Å². The summed E-state index contributed by atoms with van der Waals surface area (Å²) in [5, 5.41) is 12.2. The third-order valence-corrected chi connectivity index (χ3v) is 4.01. The minimum absolute atomic E-state index is 0.115. The molecule has 1 heterocycles. The van der Waals surface area contributed by atoms with Gasteiger partial charge in [0.25, 0.3) is 5.91 Å². The molecular weight excluding hydrogens is 280 g/mol. The van der Waals surface area contributed by atoms with Crippen molar-refractivity contribution in [2.24, 2.45) is 0 Å². The first-order chi connectivity index (χ1) is 10.8. The molecule has 1 saturated carbocycles. The predicted octanol–water partition coefficient (Wildman–Crippen LogP) is 2.77. The molecule has 5 heteroatoms. The molecule has 1 fully saturated rings. The lowest BCUT2D eigenvalue weighted by Gasteiger charge is -2.22. The van der Waals surface area contributed by atoms with Gasteiger partial charge in [-0.1, -0.05) is 25.3 Å². The van der Waals surface area contributed by atoms with Crippen molar-refractivity contribution in [3.63, 3.8) is 0 Å². The Hall–Kier alpha value is -2.48. The average molecular weight is 298 g/mol. The molecule has 0 radical (unpaired) electrons. The number of hydrogen-bond acceptors (Lipinski definition) is 4. The molecule has 1 N–H and O–H groups in total. The Balaban J connectivity index is 1.72. The van der Waals surface area contributed by atoms with Crippen molar-refractivity contribution in [3.8, 4) is 17.6 Å². The summed E-state index contributed by atoms with van der Waals surface area (Å²) in [6.45, 7) is 0.204. The van der Waals surface area contributed by atoms with Crippen LogP contribution in [0.25, 0.3) is 6.08 Å². The standard InChI is InChI=1S/C17H18N2O3/c18-10-13(17(20)19-14-4-2-1-3-5-14)8-12-6-7-15-16(9-12)22-11-21-15/h6-9,14H,1-5,11H2,(H,19,20)/b13-8-. The maximum Gasteiger partial charge on any atom is 0.262 e. The predicted molar refractivity (Wildman–Crippen MR) is 81.2 cm³/mol. The van der Waals surface area contributed by atoms with Crippen molar-refractivity contribution in [1.82, 2.24) is 5.32 Å². The summed E-state index contributed by atoms with van der Waals surface area (Å²) in [6.07, 6.45) is 7.07. The molecule has 0 atom stereocenters. The smallest absolute Gasteiger partial charge is 0.262 e. The number of fused-ring (bicyclic) bond motifs is 1. The zero-order valence-corrected chi connectivity index (χ0v) is 12.3. The van der Waals surface area contributed by atoms with Crippen LogP contribution < -0.4 is 14.8 Å². The number of nitriles is 1. The van der Waals surface area contributed by atoms with Gasteiger partial charge in [0.05, 0.1) is 0 Å². The molecule has 3 rings (SSSR count). The fourth-order valence-corrected chi connectivity index (χ4v) is 2.83. The molecule has 1 aromatic carbocycles. The highest BCUT2D eigenvalue weighted by Gasteiger charge is 2.18. The number of nitrogens with one attached hydrogen (secondary N) is 1. The van der Waals surface area contributed by atoms with Crippen LogP contribution in [-0.2, 0) is 4.79 Å². The zero-order chi connectivity index (χ0) is 15.4. The molecule has 1 aliphatic heterocycles. The molecule has 0 spiro atoms. The summed E-state index contributed by atoms with van der Waals surface area (Å²) < 4.78 is 10.5. The first kappa shape index (κ1) is 14.5. The van der Waals surface area contributed by atoms with E-state index in [4.69, 9.17) is 9.47 Å². The highest BCUT2D eigenvalue weighted by atomic mass is 16.7. The minimum Gasteiger partial charge on any atom is -0.454 e. The first-order valence-electron chi connectivity index (χ1n) is 7.58. The van der Waals surface area contributed by atoms with E-state index < -0.39 is 0 Å². The van der Waals surface area contributed by atoms with E-state index in [0.717, 1.165) is 31.2 Å². The summed E-state index contributed by atoms with van der Waals surface area (Å²) in [5.41, 5.74) is 0.865. The molecule has 114 valence electrons. The Morgan fingerprint density at radius 1 is 1.23 bits per heavy atom. The largest absolute Gasteiger partial charge is 0.454 e. The fraction of sp³-hybridized carbons (Fsp3) is 0.412. The molecule has 1 aliphatic carbocycles. The van der Waals surface area contributed by atoms with E-state index in [9.17, 15) is 10.1 Å². The van der Waals surface area contributed by atoms with Gasteiger partial charge in [-0.2, -0.15) is 5.26 Å². The van der Waals surface area contributed by atoms with Crippen molar-refractivity contribution in [2.75, 3.05) is 6.79 Å². The molecule has 5 nitrogen and oxygen atoms in total. The summed E-state index contributed by atoms with van der Waals surface area (Å²) in [6, 6.07) is 7.53. The van der Waals surface area contributed by atoms with Crippen LogP contribution in [0.3, 0.4) is 0 Å². The molecule has 0 unspecified atom stereocenters. The third kappa shape index (κ3) is 3.22. The molecular formula is C17H18N2O3. The number of ether oxygens (including phenoxy) is 2. The summed E-state index contributed by atoms with van der Waals surface area (Å²) in [7, 11) is 0. The van der Waals surface area contributed by atoms with E-state index in [-0.39, 0.29) is 24.3 Å². The number of benzene rings is 1. The van der Waals surface area contributed by atoms with Crippen LogP contribution in [0.15, 0.2) is 23.8 Å². The highest BCUT2D eigenvalue weighted by molar-refractivity contribution is 6.01. The maximum atomic E-state index is 12.2. The lowest BCUT2D eigenvalue weighted by Crippen LogP contribution is -2.36. The Labute approximate surface area is 129 Å². The van der Waals surface area contributed by atoms with Crippen molar-refractivity contribution in [1.29, 1.82) is 5.26 Å². The number of carbonyl (C=O) groups excluding carboxylic acids is 1. The van der Waals surface area contributed by atoms with Crippen LogP contribution in [0, 0.1) is 11.3 Å². The van der Waals surface area contributed by atoms with E-state index >= 15 is 0 Å². The van der Waals surface area contributed by atoms with Gasteiger partial charge in [-0.25, -0.2) is 0 Å². The minimum atomic E-state index is -0.299. The molecule has 22 heavy (non-hydrogen) atoms. The Kier molecular flexibility index (Phi) is 4.29. The van der Waals surface area contributed by atoms with Gasteiger partial charge >= 0.3 is 0 Å². The second-order valence-corrected chi connectivity index (χ2v) is 5.59. The van der Waals surface area contributed by atoms with E-state index in [0.29, 0.717) is 11.5 Å². The topological polar surface area (TPSA) is 71.3 Å². The van der Waals surface area contributed by atoms with Gasteiger partial charge in [-0.05, 0) is 36.6 Å². The van der Waals surface area contributed by atoms with Crippen LogP contribution in [-0.4, -0.2) is 18.7 Å². The first-order valence-corrected chi connectivity index (χ1v) is 7.58. The molecule has 2 aliphatic rings. The Morgan fingerprint density at radius 3 is 2.77 bits per heavy atom. The van der Waals surface area contributed by atoms with Crippen LogP contribution in [0.4, 0.5) is 0 Å². The van der Waals surface area contributed by atoms with Crippen LogP contribution >= 0.6 is 0 Å². The third-order valence-electron chi connectivity index (χ3n) is 4.01. The number of rotatable bonds is 3.